The van der Waals surface area contributed by atoms with Crippen LogP contribution in [-0.2, 0) is 19.1 Å². The molecule has 1 aromatic heterocycles. The third-order valence-electron chi connectivity index (χ3n) is 2.77. The summed E-state index contributed by atoms with van der Waals surface area (Å²) in [6.07, 6.45) is 1.36. The second-order valence-corrected chi connectivity index (χ2v) is 11.2. The molecule has 108 valence electrons. The van der Waals surface area contributed by atoms with Crippen molar-refractivity contribution >= 4 is 31.5 Å². The fourth-order valence-electron chi connectivity index (χ4n) is 1.75. The zero-order valence-electron chi connectivity index (χ0n) is 12.3. The minimum Gasteiger partial charge on any atom is -0.467 e. The molecule has 0 unspecified atom stereocenters. The van der Waals surface area contributed by atoms with Gasteiger partial charge in [-0.1, -0.05) is 19.6 Å². The first-order chi connectivity index (χ1) is 9.08. The molecule has 2 rings (SSSR count). The summed E-state index contributed by atoms with van der Waals surface area (Å²) in [7, 11) is -1.56. The maximum absolute atomic E-state index is 11.8. The molecule has 20 heavy (non-hydrogen) atoms. The average molecular weight is 294 g/mol. The van der Waals surface area contributed by atoms with Gasteiger partial charge in [0, 0.05) is 19.9 Å². The zero-order valence-corrected chi connectivity index (χ0v) is 13.3. The summed E-state index contributed by atoms with van der Waals surface area (Å²) >= 11 is 0. The topological polar surface area (TPSA) is 65.7 Å². The Kier molecular flexibility index (Phi) is 3.37. The highest BCUT2D eigenvalue weighted by Crippen LogP contribution is 2.24. The van der Waals surface area contributed by atoms with Gasteiger partial charge in [-0.2, -0.15) is 0 Å². The van der Waals surface area contributed by atoms with Crippen LogP contribution in [0.2, 0.25) is 19.6 Å². The summed E-state index contributed by atoms with van der Waals surface area (Å²) in [5.74, 6) is -2.17. The largest absolute Gasteiger partial charge is 0.467 e. The molecule has 1 fully saturated rings. The fourth-order valence-corrected chi connectivity index (χ4v) is 2.76. The highest BCUT2D eigenvalue weighted by Gasteiger charge is 2.39. The van der Waals surface area contributed by atoms with Gasteiger partial charge in [0.1, 0.15) is 19.4 Å². The SMILES string of the molecule is CC1(C)OC(=O)C(=Cc2ccc([Si](C)(C)C)o2)C(=O)O1. The van der Waals surface area contributed by atoms with Gasteiger partial charge in [0.25, 0.3) is 5.79 Å². The number of hydrogen-bond acceptors (Lipinski definition) is 5. The van der Waals surface area contributed by atoms with E-state index in [-0.39, 0.29) is 5.57 Å². The van der Waals surface area contributed by atoms with E-state index in [1.165, 1.54) is 19.9 Å². The molecule has 6 heteroatoms. The van der Waals surface area contributed by atoms with Crippen LogP contribution in [0.5, 0.6) is 0 Å². The summed E-state index contributed by atoms with van der Waals surface area (Å²) in [4.78, 5) is 23.6. The lowest BCUT2D eigenvalue weighted by molar-refractivity contribution is -0.222. The number of ether oxygens (including phenoxy) is 2. The van der Waals surface area contributed by atoms with Gasteiger partial charge in [0.05, 0.1) is 5.38 Å². The summed E-state index contributed by atoms with van der Waals surface area (Å²) in [6, 6.07) is 3.61. The molecule has 0 saturated carbocycles. The number of carbonyl (C=O) groups excluding carboxylic acids is 2. The number of esters is 2. The first kappa shape index (κ1) is 14.6. The minimum absolute atomic E-state index is 0.152. The van der Waals surface area contributed by atoms with E-state index in [2.05, 4.69) is 19.6 Å². The van der Waals surface area contributed by atoms with Crippen LogP contribution in [0.3, 0.4) is 0 Å². The van der Waals surface area contributed by atoms with E-state index in [0.717, 1.165) is 5.38 Å². The molecule has 0 spiro atoms. The summed E-state index contributed by atoms with van der Waals surface area (Å²) in [6.45, 7) is 9.46. The third kappa shape index (κ3) is 3.01. The predicted octanol–water partition coefficient (Wildman–Crippen LogP) is 2.04. The summed E-state index contributed by atoms with van der Waals surface area (Å²) < 4.78 is 15.7. The quantitative estimate of drug-likeness (QED) is 0.361. The molecule has 1 aliphatic heterocycles. The lowest BCUT2D eigenvalue weighted by atomic mass is 10.2. The molecule has 1 aromatic rings. The molecule has 2 heterocycles. The predicted molar refractivity (Wildman–Crippen MR) is 75.9 cm³/mol. The van der Waals surface area contributed by atoms with Gasteiger partial charge in [0.15, 0.2) is 0 Å². The maximum Gasteiger partial charge on any atom is 0.348 e. The number of cyclic esters (lactones) is 2. The van der Waals surface area contributed by atoms with E-state index in [9.17, 15) is 9.59 Å². The van der Waals surface area contributed by atoms with Crippen molar-refractivity contribution in [3.8, 4) is 0 Å². The first-order valence-corrected chi connectivity index (χ1v) is 9.87. The highest BCUT2D eigenvalue weighted by atomic mass is 28.3. The van der Waals surface area contributed by atoms with Crippen molar-refractivity contribution < 1.29 is 23.5 Å². The first-order valence-electron chi connectivity index (χ1n) is 6.37. The van der Waals surface area contributed by atoms with Crippen LogP contribution in [0.25, 0.3) is 6.08 Å². The molecule has 0 amide bonds. The van der Waals surface area contributed by atoms with Crippen LogP contribution >= 0.6 is 0 Å². The smallest absolute Gasteiger partial charge is 0.348 e. The van der Waals surface area contributed by atoms with Gasteiger partial charge in [-0.3, -0.25) is 0 Å². The third-order valence-corrected chi connectivity index (χ3v) is 4.52. The van der Waals surface area contributed by atoms with E-state index in [1.807, 2.05) is 6.07 Å². The second-order valence-electron chi connectivity index (χ2n) is 6.19. The van der Waals surface area contributed by atoms with Crippen LogP contribution in [0.15, 0.2) is 22.1 Å². The van der Waals surface area contributed by atoms with Crippen molar-refractivity contribution in [2.75, 3.05) is 0 Å². The number of furan rings is 1. The molecule has 0 radical (unpaired) electrons. The lowest BCUT2D eigenvalue weighted by Gasteiger charge is -2.29. The summed E-state index contributed by atoms with van der Waals surface area (Å²) in [5.41, 5.74) is -0.152. The van der Waals surface area contributed by atoms with E-state index >= 15 is 0 Å². The maximum atomic E-state index is 11.8. The van der Waals surface area contributed by atoms with Gasteiger partial charge >= 0.3 is 11.9 Å². The van der Waals surface area contributed by atoms with Gasteiger partial charge in [-0.25, -0.2) is 9.59 Å². The van der Waals surface area contributed by atoms with E-state index in [0.29, 0.717) is 5.76 Å². The Labute approximate surface area is 118 Å². The fraction of sp³-hybridized carbons (Fsp3) is 0.429. The van der Waals surface area contributed by atoms with Gasteiger partial charge in [-0.05, 0) is 12.1 Å². The van der Waals surface area contributed by atoms with Crippen LogP contribution in [0.1, 0.15) is 19.6 Å². The van der Waals surface area contributed by atoms with Crippen molar-refractivity contribution in [2.45, 2.75) is 39.3 Å². The van der Waals surface area contributed by atoms with Gasteiger partial charge < -0.3 is 13.9 Å². The normalized spacial score (nSPS) is 18.6. The Hall–Kier alpha value is -1.82. The van der Waals surface area contributed by atoms with E-state index < -0.39 is 25.8 Å². The molecule has 0 N–H and O–H groups in total. The Morgan fingerprint density at radius 2 is 1.60 bits per heavy atom. The van der Waals surface area contributed by atoms with Crippen LogP contribution in [0, 0.1) is 0 Å². The number of carbonyl (C=O) groups is 2. The molecule has 1 saturated heterocycles. The van der Waals surface area contributed by atoms with Crippen molar-refractivity contribution in [2.24, 2.45) is 0 Å². The number of hydrogen-bond donors (Lipinski definition) is 0. The number of rotatable bonds is 2. The zero-order chi connectivity index (χ0) is 15.1. The molecule has 1 aliphatic rings. The van der Waals surface area contributed by atoms with Crippen molar-refractivity contribution in [1.82, 2.24) is 0 Å². The Morgan fingerprint density at radius 1 is 1.05 bits per heavy atom. The molecule has 0 aromatic carbocycles. The van der Waals surface area contributed by atoms with Crippen molar-refractivity contribution in [1.29, 1.82) is 0 Å². The Morgan fingerprint density at radius 3 is 2.05 bits per heavy atom. The molecular formula is C14H18O5Si. The van der Waals surface area contributed by atoms with E-state index in [4.69, 9.17) is 13.9 Å². The molecular weight excluding hydrogens is 276 g/mol. The van der Waals surface area contributed by atoms with Crippen LogP contribution in [-0.4, -0.2) is 25.8 Å². The highest BCUT2D eigenvalue weighted by molar-refractivity contribution is 6.87. The van der Waals surface area contributed by atoms with Crippen LogP contribution < -0.4 is 5.38 Å². The van der Waals surface area contributed by atoms with E-state index in [1.54, 1.807) is 6.07 Å². The van der Waals surface area contributed by atoms with Crippen LogP contribution in [0.4, 0.5) is 0 Å². The molecule has 5 nitrogen and oxygen atoms in total. The van der Waals surface area contributed by atoms with Crippen molar-refractivity contribution in [3.63, 3.8) is 0 Å². The van der Waals surface area contributed by atoms with Crippen molar-refractivity contribution in [3.05, 3.63) is 23.5 Å². The molecule has 0 atom stereocenters. The monoisotopic (exact) mass is 294 g/mol. The minimum atomic E-state index is -1.56. The summed E-state index contributed by atoms with van der Waals surface area (Å²) in [5, 5.41) is 0.905. The average Bonchev–Trinajstić information content (AvgIpc) is 2.70. The molecule has 0 bridgehead atoms. The standard InChI is InChI=1S/C14H18O5Si/c1-14(2)18-12(15)10(13(16)19-14)8-9-6-7-11(17-9)20(3,4)5/h6-8H,1-5H3. The van der Waals surface area contributed by atoms with Gasteiger partial charge in [-0.15, -0.1) is 0 Å². The second kappa shape index (κ2) is 4.62. The lowest BCUT2D eigenvalue weighted by Crippen LogP contribution is -2.41. The van der Waals surface area contributed by atoms with Gasteiger partial charge in [0.2, 0.25) is 0 Å². The Balaban J connectivity index is 2.29. The Bertz CT molecular complexity index is 567. The molecule has 0 aliphatic carbocycles.